The summed E-state index contributed by atoms with van der Waals surface area (Å²) >= 11 is 0. The number of hydrogen-bond donors (Lipinski definition) is 0. The fourth-order valence-corrected chi connectivity index (χ4v) is 3.59. The predicted octanol–water partition coefficient (Wildman–Crippen LogP) is 3.84. The molecule has 3 rings (SSSR count). The van der Waals surface area contributed by atoms with Gasteiger partial charge in [0.1, 0.15) is 0 Å². The molecular weight excluding hydrogens is 330 g/mol. The normalized spacial score (nSPS) is 15.7. The van der Waals surface area contributed by atoms with Crippen molar-refractivity contribution >= 4 is 0 Å². The van der Waals surface area contributed by atoms with Crippen LogP contribution in [-0.2, 0) is 11.2 Å². The molecule has 2 aromatic rings. The number of aromatic nitrogens is 1. The van der Waals surface area contributed by atoms with Gasteiger partial charge in [-0.25, -0.2) is 0 Å². The van der Waals surface area contributed by atoms with Gasteiger partial charge in [0.15, 0.2) is 16.9 Å². The Hall–Kier alpha value is -2.27. The second-order valence-electron chi connectivity index (χ2n) is 6.61. The average Bonchev–Trinajstić information content (AvgIpc) is 2.80. The van der Waals surface area contributed by atoms with E-state index in [1.807, 2.05) is 12.3 Å². The Kier molecular flexibility index (Phi) is 5.99. The molecule has 0 aliphatic carbocycles. The lowest BCUT2D eigenvalue weighted by Crippen LogP contribution is -2.12. The molecule has 0 fully saturated rings. The molecule has 5 nitrogen and oxygen atoms in total. The zero-order valence-electron chi connectivity index (χ0n) is 15.8. The number of pyridine rings is 1. The summed E-state index contributed by atoms with van der Waals surface area (Å²) < 4.78 is 18.8. The van der Waals surface area contributed by atoms with E-state index in [0.29, 0.717) is 25.0 Å². The number of ether oxygens (including phenoxy) is 3. The van der Waals surface area contributed by atoms with Crippen LogP contribution in [0.4, 0.5) is 0 Å². The third kappa shape index (κ3) is 3.78. The van der Waals surface area contributed by atoms with Crippen molar-refractivity contribution in [3.8, 4) is 22.8 Å². The third-order valence-electron chi connectivity index (χ3n) is 4.98. The van der Waals surface area contributed by atoms with Gasteiger partial charge in [0, 0.05) is 50.1 Å². The summed E-state index contributed by atoms with van der Waals surface area (Å²) in [5.74, 6) is 1.45. The molecule has 1 aromatic heterocycles. The highest BCUT2D eigenvalue weighted by atomic mass is 16.5. The van der Waals surface area contributed by atoms with E-state index in [1.54, 1.807) is 26.4 Å². The lowest BCUT2D eigenvalue weighted by Gasteiger charge is -2.20. The number of rotatable bonds is 7. The smallest absolute Gasteiger partial charge is 0.182 e. The molecule has 26 heavy (non-hydrogen) atoms. The van der Waals surface area contributed by atoms with E-state index in [0.717, 1.165) is 42.7 Å². The largest absolute Gasteiger partial charge is 0.493 e. The average molecular weight is 357 g/mol. The van der Waals surface area contributed by atoms with Crippen molar-refractivity contribution < 1.29 is 14.2 Å². The summed E-state index contributed by atoms with van der Waals surface area (Å²) in [6.07, 6.45) is 5.76. The van der Waals surface area contributed by atoms with Crippen molar-refractivity contribution in [2.75, 3.05) is 27.4 Å². The van der Waals surface area contributed by atoms with Crippen molar-refractivity contribution in [1.82, 2.24) is 4.57 Å². The fourth-order valence-electron chi connectivity index (χ4n) is 3.59. The molecule has 1 aromatic carbocycles. The van der Waals surface area contributed by atoms with Gasteiger partial charge in [-0.05, 0) is 37.0 Å². The SMILES string of the molecule is CCC1CCc2cc(OCCCOC)c(OC)cc2-c2cc(=O)ccn21. The van der Waals surface area contributed by atoms with E-state index in [2.05, 4.69) is 17.6 Å². The van der Waals surface area contributed by atoms with Crippen LogP contribution in [0.1, 0.15) is 37.8 Å². The van der Waals surface area contributed by atoms with Crippen molar-refractivity contribution in [1.29, 1.82) is 0 Å². The lowest BCUT2D eigenvalue weighted by molar-refractivity contribution is 0.170. The second kappa shape index (κ2) is 8.41. The van der Waals surface area contributed by atoms with Crippen LogP contribution in [0.5, 0.6) is 11.5 Å². The Labute approximate surface area is 154 Å². The molecule has 2 heterocycles. The molecule has 0 radical (unpaired) electrons. The topological polar surface area (TPSA) is 49.7 Å². The standard InChI is InChI=1S/C21H27NO4/c1-4-16-7-6-15-12-21(26-11-5-10-24-2)20(25-3)14-18(15)19-13-17(23)8-9-22(16)19/h8-9,12-14,16H,4-7,10-11H2,1-3H3. The number of methoxy groups -OCH3 is 2. The minimum atomic E-state index is 0.0258. The quantitative estimate of drug-likeness (QED) is 0.707. The Morgan fingerprint density at radius 1 is 1.15 bits per heavy atom. The van der Waals surface area contributed by atoms with Crippen molar-refractivity contribution in [2.24, 2.45) is 0 Å². The Morgan fingerprint density at radius 3 is 2.73 bits per heavy atom. The van der Waals surface area contributed by atoms with E-state index >= 15 is 0 Å². The van der Waals surface area contributed by atoms with Crippen molar-refractivity contribution in [3.05, 3.63) is 46.2 Å². The zero-order chi connectivity index (χ0) is 18.5. The molecule has 1 atom stereocenters. The summed E-state index contributed by atoms with van der Waals surface area (Å²) in [4.78, 5) is 12.0. The van der Waals surface area contributed by atoms with E-state index in [4.69, 9.17) is 14.2 Å². The van der Waals surface area contributed by atoms with Crippen LogP contribution in [0, 0.1) is 0 Å². The maximum Gasteiger partial charge on any atom is 0.182 e. The number of nitrogens with zero attached hydrogens (tertiary/aromatic N) is 1. The predicted molar refractivity (Wildman–Crippen MR) is 102 cm³/mol. The van der Waals surface area contributed by atoms with Crippen LogP contribution < -0.4 is 14.9 Å². The summed E-state index contributed by atoms with van der Waals surface area (Å²) in [7, 11) is 3.33. The number of fused-ring (bicyclic) bond motifs is 3. The molecule has 0 amide bonds. The van der Waals surface area contributed by atoms with Gasteiger partial charge in [-0.2, -0.15) is 0 Å². The van der Waals surface area contributed by atoms with E-state index in [-0.39, 0.29) is 5.43 Å². The number of benzene rings is 1. The van der Waals surface area contributed by atoms with Crippen LogP contribution in [0.25, 0.3) is 11.3 Å². The van der Waals surface area contributed by atoms with Crippen LogP contribution in [0.2, 0.25) is 0 Å². The molecule has 0 saturated carbocycles. The lowest BCUT2D eigenvalue weighted by atomic mass is 9.99. The second-order valence-corrected chi connectivity index (χ2v) is 6.61. The Balaban J connectivity index is 2.03. The van der Waals surface area contributed by atoms with Gasteiger partial charge in [0.2, 0.25) is 0 Å². The van der Waals surface area contributed by atoms with Gasteiger partial charge in [0.25, 0.3) is 0 Å². The van der Waals surface area contributed by atoms with Gasteiger partial charge in [-0.3, -0.25) is 4.79 Å². The van der Waals surface area contributed by atoms with Crippen LogP contribution in [0.3, 0.4) is 0 Å². The zero-order valence-corrected chi connectivity index (χ0v) is 15.8. The molecule has 5 heteroatoms. The number of aryl methyl sites for hydroxylation is 1. The maximum atomic E-state index is 12.0. The maximum absolute atomic E-state index is 12.0. The first-order valence-electron chi connectivity index (χ1n) is 9.23. The highest BCUT2D eigenvalue weighted by Crippen LogP contribution is 2.40. The summed E-state index contributed by atoms with van der Waals surface area (Å²) in [5, 5.41) is 0. The molecule has 1 aliphatic rings. The molecular formula is C21H27NO4. The Morgan fingerprint density at radius 2 is 2.00 bits per heavy atom. The first-order chi connectivity index (χ1) is 12.7. The van der Waals surface area contributed by atoms with Gasteiger partial charge >= 0.3 is 0 Å². The molecule has 1 unspecified atom stereocenters. The fraction of sp³-hybridized carbons (Fsp3) is 0.476. The van der Waals surface area contributed by atoms with Gasteiger partial charge in [-0.1, -0.05) is 6.92 Å². The van der Waals surface area contributed by atoms with Crippen LogP contribution in [-0.4, -0.2) is 32.0 Å². The van der Waals surface area contributed by atoms with Crippen LogP contribution in [0.15, 0.2) is 35.3 Å². The third-order valence-corrected chi connectivity index (χ3v) is 4.98. The van der Waals surface area contributed by atoms with Crippen LogP contribution >= 0.6 is 0 Å². The van der Waals surface area contributed by atoms with Crippen molar-refractivity contribution in [2.45, 2.75) is 38.6 Å². The van der Waals surface area contributed by atoms with Gasteiger partial charge < -0.3 is 18.8 Å². The monoisotopic (exact) mass is 357 g/mol. The number of hydrogen-bond acceptors (Lipinski definition) is 4. The summed E-state index contributed by atoms with van der Waals surface area (Å²) in [6.45, 7) is 3.44. The molecule has 0 bridgehead atoms. The van der Waals surface area contributed by atoms with Gasteiger partial charge in [-0.15, -0.1) is 0 Å². The highest BCUT2D eigenvalue weighted by Gasteiger charge is 2.22. The highest BCUT2D eigenvalue weighted by molar-refractivity contribution is 5.69. The minimum Gasteiger partial charge on any atom is -0.493 e. The summed E-state index contributed by atoms with van der Waals surface area (Å²) in [6, 6.07) is 7.83. The van der Waals surface area contributed by atoms with Gasteiger partial charge in [0.05, 0.1) is 19.4 Å². The molecule has 1 aliphatic heterocycles. The summed E-state index contributed by atoms with van der Waals surface area (Å²) in [5.41, 5.74) is 3.24. The van der Waals surface area contributed by atoms with E-state index in [9.17, 15) is 4.79 Å². The minimum absolute atomic E-state index is 0.0258. The Bertz CT molecular complexity index is 812. The van der Waals surface area contributed by atoms with Crippen molar-refractivity contribution in [3.63, 3.8) is 0 Å². The molecule has 140 valence electrons. The van der Waals surface area contributed by atoms with E-state index < -0.39 is 0 Å². The first-order valence-corrected chi connectivity index (χ1v) is 9.23. The van der Waals surface area contributed by atoms with E-state index in [1.165, 1.54) is 5.56 Å². The molecule has 0 N–H and O–H groups in total. The molecule has 0 spiro atoms. The molecule has 0 saturated heterocycles. The first kappa shape index (κ1) is 18.5.